The van der Waals surface area contributed by atoms with E-state index >= 15 is 0 Å². The summed E-state index contributed by atoms with van der Waals surface area (Å²) >= 11 is 0. The molecule has 7 heteroatoms. The van der Waals surface area contributed by atoms with E-state index in [1.54, 1.807) is 16.8 Å². The van der Waals surface area contributed by atoms with Gasteiger partial charge >= 0.3 is 0 Å². The first-order valence-electron chi connectivity index (χ1n) is 6.70. The van der Waals surface area contributed by atoms with Gasteiger partial charge in [-0.05, 0) is 31.0 Å². The third-order valence-electron chi connectivity index (χ3n) is 3.34. The van der Waals surface area contributed by atoms with Gasteiger partial charge in [-0.3, -0.25) is 4.68 Å². The van der Waals surface area contributed by atoms with Crippen LogP contribution in [0.15, 0.2) is 29.3 Å². The molecule has 0 amide bonds. The summed E-state index contributed by atoms with van der Waals surface area (Å²) in [6.07, 6.45) is 2.58. The zero-order chi connectivity index (χ0) is 15.6. The second-order valence-corrected chi connectivity index (χ2v) is 6.74. The fourth-order valence-electron chi connectivity index (χ4n) is 2.07. The molecule has 2 rings (SSSR count). The minimum Gasteiger partial charge on any atom is -0.398 e. The Hall–Kier alpha value is -1.86. The maximum absolute atomic E-state index is 12.3. The first-order valence-corrected chi connectivity index (χ1v) is 8.19. The number of nitrogens with two attached hydrogens (primary N) is 1. The van der Waals surface area contributed by atoms with Crippen molar-refractivity contribution in [1.29, 1.82) is 0 Å². The lowest BCUT2D eigenvalue weighted by molar-refractivity contribution is 0.581. The lowest BCUT2D eigenvalue weighted by atomic mass is 10.2. The SMILES string of the molecule is CCc1nn(C)cc1CNS(=O)(=O)c1ccc(C)c(N)c1. The first kappa shape index (κ1) is 15.5. The maximum Gasteiger partial charge on any atom is 0.240 e. The van der Waals surface area contributed by atoms with Gasteiger partial charge in [-0.1, -0.05) is 13.0 Å². The number of benzene rings is 1. The van der Waals surface area contributed by atoms with Crippen LogP contribution >= 0.6 is 0 Å². The van der Waals surface area contributed by atoms with Crippen molar-refractivity contribution in [2.45, 2.75) is 31.7 Å². The zero-order valence-corrected chi connectivity index (χ0v) is 13.2. The summed E-state index contributed by atoms with van der Waals surface area (Å²) in [7, 11) is -1.76. The Labute approximate surface area is 125 Å². The first-order chi connectivity index (χ1) is 9.83. The predicted molar refractivity (Wildman–Crippen MR) is 82.2 cm³/mol. The molecule has 0 unspecified atom stereocenters. The predicted octanol–water partition coefficient (Wildman–Crippen LogP) is 1.35. The van der Waals surface area contributed by atoms with Crippen molar-refractivity contribution in [3.8, 4) is 0 Å². The lowest BCUT2D eigenvalue weighted by Gasteiger charge is -2.08. The number of hydrogen-bond acceptors (Lipinski definition) is 4. The van der Waals surface area contributed by atoms with Crippen molar-refractivity contribution in [3.05, 3.63) is 41.2 Å². The molecule has 0 fully saturated rings. The zero-order valence-electron chi connectivity index (χ0n) is 12.4. The molecular formula is C14H20N4O2S. The molecule has 0 saturated heterocycles. The fourth-order valence-corrected chi connectivity index (χ4v) is 3.11. The molecule has 6 nitrogen and oxygen atoms in total. The Morgan fingerprint density at radius 3 is 2.71 bits per heavy atom. The van der Waals surface area contributed by atoms with Gasteiger partial charge in [0.05, 0.1) is 10.6 Å². The quantitative estimate of drug-likeness (QED) is 0.816. The number of anilines is 1. The standard InChI is InChI=1S/C14H20N4O2S/c1-4-14-11(9-18(3)17-14)8-16-21(19,20)12-6-5-10(2)13(15)7-12/h5-7,9,16H,4,8,15H2,1-3H3. The number of sulfonamides is 1. The highest BCUT2D eigenvalue weighted by Crippen LogP contribution is 2.17. The molecule has 3 N–H and O–H groups in total. The minimum atomic E-state index is -3.58. The molecule has 1 aromatic carbocycles. The molecule has 0 saturated carbocycles. The summed E-state index contributed by atoms with van der Waals surface area (Å²) in [4.78, 5) is 0.174. The summed E-state index contributed by atoms with van der Waals surface area (Å²) in [6.45, 7) is 4.04. The van der Waals surface area contributed by atoms with Crippen molar-refractivity contribution in [1.82, 2.24) is 14.5 Å². The molecule has 1 aromatic heterocycles. The topological polar surface area (TPSA) is 90.0 Å². The van der Waals surface area contributed by atoms with E-state index in [-0.39, 0.29) is 11.4 Å². The van der Waals surface area contributed by atoms with Crippen LogP contribution in [0.4, 0.5) is 5.69 Å². The van der Waals surface area contributed by atoms with Crippen molar-refractivity contribution >= 4 is 15.7 Å². The molecule has 0 bridgehead atoms. The second kappa shape index (κ2) is 5.87. The Kier molecular flexibility index (Phi) is 4.34. The van der Waals surface area contributed by atoms with Crippen LogP contribution in [-0.4, -0.2) is 18.2 Å². The maximum atomic E-state index is 12.3. The summed E-state index contributed by atoms with van der Waals surface area (Å²) in [5, 5.41) is 4.29. The molecule has 0 atom stereocenters. The largest absolute Gasteiger partial charge is 0.398 e. The highest BCUT2D eigenvalue weighted by atomic mass is 32.2. The van der Waals surface area contributed by atoms with Crippen LogP contribution in [0.25, 0.3) is 0 Å². The molecule has 0 aliphatic carbocycles. The average Bonchev–Trinajstić information content (AvgIpc) is 2.80. The number of aryl methyl sites for hydroxylation is 3. The third kappa shape index (κ3) is 3.43. The average molecular weight is 308 g/mol. The minimum absolute atomic E-state index is 0.174. The van der Waals surface area contributed by atoms with Crippen LogP contribution in [0.1, 0.15) is 23.7 Å². The van der Waals surface area contributed by atoms with E-state index in [4.69, 9.17) is 5.73 Å². The second-order valence-electron chi connectivity index (χ2n) is 4.97. The van der Waals surface area contributed by atoms with Crippen molar-refractivity contribution in [2.24, 2.45) is 7.05 Å². The van der Waals surface area contributed by atoms with Crippen molar-refractivity contribution in [2.75, 3.05) is 5.73 Å². The molecule has 0 aliphatic rings. The number of hydrogen-bond donors (Lipinski definition) is 2. The van der Waals surface area contributed by atoms with Crippen LogP contribution in [-0.2, 0) is 30.0 Å². The molecule has 0 radical (unpaired) electrons. The molecule has 0 aliphatic heterocycles. The van der Waals surface area contributed by atoms with Crippen LogP contribution < -0.4 is 10.5 Å². The number of nitrogen functional groups attached to an aromatic ring is 1. The van der Waals surface area contributed by atoms with Gasteiger partial charge in [0.15, 0.2) is 0 Å². The summed E-state index contributed by atoms with van der Waals surface area (Å²) in [6, 6.07) is 4.73. The molecule has 0 spiro atoms. The molecular weight excluding hydrogens is 288 g/mol. The van der Waals surface area contributed by atoms with Crippen LogP contribution in [0.5, 0.6) is 0 Å². The monoisotopic (exact) mass is 308 g/mol. The Bertz CT molecular complexity index is 750. The molecule has 2 aromatic rings. The van der Waals surface area contributed by atoms with Crippen molar-refractivity contribution in [3.63, 3.8) is 0 Å². The van der Waals surface area contributed by atoms with Gasteiger partial charge in [-0.25, -0.2) is 13.1 Å². The van der Waals surface area contributed by atoms with Gasteiger partial charge in [0.25, 0.3) is 0 Å². The van der Waals surface area contributed by atoms with Gasteiger partial charge < -0.3 is 5.73 Å². The van der Waals surface area contributed by atoms with E-state index < -0.39 is 10.0 Å². The van der Waals surface area contributed by atoms with E-state index in [1.165, 1.54) is 6.07 Å². The van der Waals surface area contributed by atoms with Gasteiger partial charge in [0.2, 0.25) is 10.0 Å². The smallest absolute Gasteiger partial charge is 0.240 e. The van der Waals surface area contributed by atoms with E-state index in [2.05, 4.69) is 9.82 Å². The highest BCUT2D eigenvalue weighted by Gasteiger charge is 2.16. The Balaban J connectivity index is 2.19. The van der Waals surface area contributed by atoms with Gasteiger partial charge in [0, 0.05) is 31.0 Å². The molecule has 21 heavy (non-hydrogen) atoms. The lowest BCUT2D eigenvalue weighted by Crippen LogP contribution is -2.23. The highest BCUT2D eigenvalue weighted by molar-refractivity contribution is 7.89. The van der Waals surface area contributed by atoms with Gasteiger partial charge in [-0.15, -0.1) is 0 Å². The Morgan fingerprint density at radius 2 is 2.10 bits per heavy atom. The van der Waals surface area contributed by atoms with Crippen molar-refractivity contribution < 1.29 is 8.42 Å². The summed E-state index contributed by atoms with van der Waals surface area (Å²) in [5.74, 6) is 0. The number of nitrogens with one attached hydrogen (secondary N) is 1. The molecule has 114 valence electrons. The van der Waals surface area contributed by atoms with Gasteiger partial charge in [-0.2, -0.15) is 5.10 Å². The van der Waals surface area contributed by atoms with E-state index in [0.29, 0.717) is 5.69 Å². The summed E-state index contributed by atoms with van der Waals surface area (Å²) < 4.78 is 28.8. The van der Waals surface area contributed by atoms with E-state index in [9.17, 15) is 8.42 Å². The number of rotatable bonds is 5. The Morgan fingerprint density at radius 1 is 1.38 bits per heavy atom. The summed E-state index contributed by atoms with van der Waals surface area (Å²) in [5.41, 5.74) is 8.86. The molecule has 1 heterocycles. The van der Waals surface area contributed by atoms with Crippen LogP contribution in [0.3, 0.4) is 0 Å². The third-order valence-corrected chi connectivity index (χ3v) is 4.74. The van der Waals surface area contributed by atoms with Crippen LogP contribution in [0.2, 0.25) is 0 Å². The number of aromatic nitrogens is 2. The van der Waals surface area contributed by atoms with E-state index in [1.807, 2.05) is 27.1 Å². The normalized spacial score (nSPS) is 11.8. The van der Waals surface area contributed by atoms with Crippen LogP contribution in [0, 0.1) is 6.92 Å². The number of nitrogens with zero attached hydrogens (tertiary/aromatic N) is 2. The fraction of sp³-hybridized carbons (Fsp3) is 0.357. The van der Waals surface area contributed by atoms with Gasteiger partial charge in [0.1, 0.15) is 0 Å². The van der Waals surface area contributed by atoms with E-state index in [0.717, 1.165) is 23.2 Å².